The molecule has 0 atom stereocenters. The summed E-state index contributed by atoms with van der Waals surface area (Å²) in [6.45, 7) is 0.243. The highest BCUT2D eigenvalue weighted by molar-refractivity contribution is 5.92. The summed E-state index contributed by atoms with van der Waals surface area (Å²) in [6.07, 6.45) is 3.77. The van der Waals surface area contributed by atoms with Gasteiger partial charge in [0, 0.05) is 31.3 Å². The molecular formula is C18H22N2O3. The molecular weight excluding hydrogens is 292 g/mol. The Labute approximate surface area is 135 Å². The van der Waals surface area contributed by atoms with E-state index in [-0.39, 0.29) is 24.3 Å². The van der Waals surface area contributed by atoms with Gasteiger partial charge in [0.05, 0.1) is 0 Å². The van der Waals surface area contributed by atoms with Crippen molar-refractivity contribution in [2.75, 3.05) is 13.7 Å². The minimum atomic E-state index is -0.132. The van der Waals surface area contributed by atoms with Gasteiger partial charge in [0.15, 0.2) is 0 Å². The fraction of sp³-hybridized carbons (Fsp3) is 0.444. The van der Waals surface area contributed by atoms with Crippen molar-refractivity contribution in [3.63, 3.8) is 0 Å². The van der Waals surface area contributed by atoms with Crippen LogP contribution in [0.15, 0.2) is 40.9 Å². The number of amides is 1. The van der Waals surface area contributed by atoms with Gasteiger partial charge in [0.1, 0.15) is 5.69 Å². The van der Waals surface area contributed by atoms with Crippen molar-refractivity contribution < 1.29 is 14.4 Å². The number of hydrogen-bond acceptors (Lipinski definition) is 4. The van der Waals surface area contributed by atoms with E-state index >= 15 is 0 Å². The molecule has 1 aliphatic rings. The van der Waals surface area contributed by atoms with Crippen molar-refractivity contribution in [3.05, 3.63) is 42.2 Å². The lowest BCUT2D eigenvalue weighted by Crippen LogP contribution is -2.39. The van der Waals surface area contributed by atoms with Crippen LogP contribution in [0.3, 0.4) is 0 Å². The second kappa shape index (κ2) is 6.96. The second-order valence-corrected chi connectivity index (χ2v) is 6.22. The van der Waals surface area contributed by atoms with Gasteiger partial charge in [0.25, 0.3) is 5.91 Å². The summed E-state index contributed by atoms with van der Waals surface area (Å²) >= 11 is 0. The van der Waals surface area contributed by atoms with Crippen LogP contribution in [0.5, 0.6) is 0 Å². The zero-order valence-corrected chi connectivity index (χ0v) is 13.3. The third-order valence-corrected chi connectivity index (χ3v) is 4.73. The molecule has 0 spiro atoms. The van der Waals surface area contributed by atoms with Gasteiger partial charge in [-0.05, 0) is 31.6 Å². The number of nitrogens with zero attached hydrogens (tertiary/aromatic N) is 2. The molecule has 1 aromatic carbocycles. The number of rotatable bonds is 4. The Balaban J connectivity index is 1.67. The van der Waals surface area contributed by atoms with Crippen molar-refractivity contribution in [2.24, 2.45) is 5.92 Å². The third kappa shape index (κ3) is 3.45. The van der Waals surface area contributed by atoms with Crippen molar-refractivity contribution in [1.29, 1.82) is 0 Å². The van der Waals surface area contributed by atoms with Crippen LogP contribution in [0.4, 0.5) is 0 Å². The first-order valence-electron chi connectivity index (χ1n) is 8.09. The predicted molar refractivity (Wildman–Crippen MR) is 86.9 cm³/mol. The first-order valence-corrected chi connectivity index (χ1v) is 8.09. The molecule has 1 N–H and O–H groups in total. The molecule has 122 valence electrons. The Morgan fingerprint density at radius 2 is 1.96 bits per heavy atom. The molecule has 0 unspecified atom stereocenters. The fourth-order valence-corrected chi connectivity index (χ4v) is 3.18. The summed E-state index contributed by atoms with van der Waals surface area (Å²) in [7, 11) is 1.82. The molecule has 1 heterocycles. The summed E-state index contributed by atoms with van der Waals surface area (Å²) in [5, 5.41) is 13.2. The van der Waals surface area contributed by atoms with Crippen LogP contribution >= 0.6 is 0 Å². The number of aliphatic hydroxyl groups is 1. The van der Waals surface area contributed by atoms with Gasteiger partial charge in [-0.15, -0.1) is 0 Å². The van der Waals surface area contributed by atoms with Crippen LogP contribution in [0.1, 0.15) is 36.2 Å². The maximum absolute atomic E-state index is 12.6. The molecule has 1 aliphatic carbocycles. The monoisotopic (exact) mass is 314 g/mol. The average molecular weight is 314 g/mol. The van der Waals surface area contributed by atoms with Crippen LogP contribution < -0.4 is 0 Å². The molecule has 1 saturated carbocycles. The summed E-state index contributed by atoms with van der Waals surface area (Å²) in [6, 6.07) is 11.6. The van der Waals surface area contributed by atoms with E-state index in [1.165, 1.54) is 0 Å². The Bertz CT molecular complexity index is 645. The Hall–Kier alpha value is -2.14. The molecule has 5 nitrogen and oxygen atoms in total. The largest absolute Gasteiger partial charge is 0.396 e. The van der Waals surface area contributed by atoms with E-state index in [1.54, 1.807) is 11.0 Å². The Kier molecular flexibility index (Phi) is 4.76. The Morgan fingerprint density at radius 3 is 2.61 bits per heavy atom. The molecule has 1 fully saturated rings. The summed E-state index contributed by atoms with van der Waals surface area (Å²) in [4.78, 5) is 14.3. The van der Waals surface area contributed by atoms with Gasteiger partial charge in [-0.1, -0.05) is 35.5 Å². The topological polar surface area (TPSA) is 66.6 Å². The van der Waals surface area contributed by atoms with Crippen LogP contribution in [0.25, 0.3) is 11.3 Å². The Morgan fingerprint density at radius 1 is 1.26 bits per heavy atom. The van der Waals surface area contributed by atoms with Crippen molar-refractivity contribution in [2.45, 2.75) is 31.7 Å². The zero-order chi connectivity index (χ0) is 16.2. The van der Waals surface area contributed by atoms with E-state index in [1.807, 2.05) is 37.4 Å². The molecule has 0 radical (unpaired) electrons. The van der Waals surface area contributed by atoms with E-state index in [0.29, 0.717) is 11.6 Å². The highest BCUT2D eigenvalue weighted by atomic mass is 16.5. The summed E-state index contributed by atoms with van der Waals surface area (Å²) < 4.78 is 5.25. The van der Waals surface area contributed by atoms with Crippen molar-refractivity contribution >= 4 is 5.91 Å². The van der Waals surface area contributed by atoms with Gasteiger partial charge in [-0.25, -0.2) is 0 Å². The van der Waals surface area contributed by atoms with E-state index in [2.05, 4.69) is 5.16 Å². The number of carbonyl (C=O) groups is 1. The van der Waals surface area contributed by atoms with E-state index in [0.717, 1.165) is 31.2 Å². The van der Waals surface area contributed by atoms with Gasteiger partial charge < -0.3 is 14.5 Å². The number of aromatic nitrogens is 1. The highest BCUT2D eigenvalue weighted by Crippen LogP contribution is 2.28. The molecule has 5 heteroatoms. The zero-order valence-electron chi connectivity index (χ0n) is 13.3. The minimum Gasteiger partial charge on any atom is -0.396 e. The number of benzene rings is 1. The molecule has 2 aromatic rings. The van der Waals surface area contributed by atoms with Crippen LogP contribution in [-0.4, -0.2) is 40.8 Å². The van der Waals surface area contributed by atoms with E-state index in [9.17, 15) is 9.90 Å². The first kappa shape index (κ1) is 15.7. The maximum atomic E-state index is 12.6. The molecule has 3 rings (SSSR count). The van der Waals surface area contributed by atoms with E-state index in [4.69, 9.17) is 4.52 Å². The van der Waals surface area contributed by atoms with Gasteiger partial charge in [0.2, 0.25) is 5.76 Å². The molecule has 1 amide bonds. The van der Waals surface area contributed by atoms with Crippen LogP contribution in [-0.2, 0) is 0 Å². The highest BCUT2D eigenvalue weighted by Gasteiger charge is 2.28. The first-order chi connectivity index (χ1) is 11.2. The fourth-order valence-electron chi connectivity index (χ4n) is 3.18. The van der Waals surface area contributed by atoms with Gasteiger partial charge in [-0.3, -0.25) is 4.79 Å². The molecule has 0 aliphatic heterocycles. The maximum Gasteiger partial charge on any atom is 0.292 e. The quantitative estimate of drug-likeness (QED) is 0.942. The number of carbonyl (C=O) groups excluding carboxylic acids is 1. The number of hydrogen-bond donors (Lipinski definition) is 1. The average Bonchev–Trinajstić information content (AvgIpc) is 3.11. The molecule has 1 aromatic heterocycles. The third-order valence-electron chi connectivity index (χ3n) is 4.73. The SMILES string of the molecule is CN(C(=O)c1cc(-c2ccccc2)no1)C1CCC(CO)CC1. The normalized spacial score (nSPS) is 21.1. The summed E-state index contributed by atoms with van der Waals surface area (Å²) in [5.74, 6) is 0.521. The smallest absolute Gasteiger partial charge is 0.292 e. The minimum absolute atomic E-state index is 0.132. The standard InChI is InChI=1S/C18H22N2O3/c1-20(15-9-7-13(12-21)8-10-15)18(22)17-11-16(19-23-17)14-5-3-2-4-6-14/h2-6,11,13,15,21H,7-10,12H2,1H3. The molecule has 0 saturated heterocycles. The summed E-state index contributed by atoms with van der Waals surface area (Å²) in [5.41, 5.74) is 1.60. The van der Waals surface area contributed by atoms with Gasteiger partial charge >= 0.3 is 0 Å². The lowest BCUT2D eigenvalue weighted by Gasteiger charge is -2.33. The molecule has 23 heavy (non-hydrogen) atoms. The predicted octanol–water partition coefficient (Wildman–Crippen LogP) is 2.96. The molecule has 0 bridgehead atoms. The lowest BCUT2D eigenvalue weighted by molar-refractivity contribution is 0.0613. The van der Waals surface area contributed by atoms with E-state index < -0.39 is 0 Å². The van der Waals surface area contributed by atoms with Crippen molar-refractivity contribution in [3.8, 4) is 11.3 Å². The lowest BCUT2D eigenvalue weighted by atomic mass is 9.86. The van der Waals surface area contributed by atoms with Crippen LogP contribution in [0.2, 0.25) is 0 Å². The van der Waals surface area contributed by atoms with Crippen molar-refractivity contribution in [1.82, 2.24) is 10.1 Å². The number of aliphatic hydroxyl groups excluding tert-OH is 1. The van der Waals surface area contributed by atoms with Gasteiger partial charge in [-0.2, -0.15) is 0 Å². The second-order valence-electron chi connectivity index (χ2n) is 6.22. The van der Waals surface area contributed by atoms with Crippen LogP contribution in [0, 0.1) is 5.92 Å².